The molecule has 1 aliphatic rings. The lowest BCUT2D eigenvalue weighted by Gasteiger charge is -2.21. The first-order valence-corrected chi connectivity index (χ1v) is 11.9. The lowest BCUT2D eigenvalue weighted by Crippen LogP contribution is -2.52. The number of aldehydes is 1. The molecule has 1 aromatic rings. The standard InChI is InChI=1S/C19H28N6O5.C6H10/c1-11(2)16(24-18(29)13-7-22-25(3)9-13)19(30)21-8-15(27)23-14(10-26)6-12-4-5-20-17(12)28;1-4-5-6(2)3/h7,9-12,14,16H,4-6,8H2,1-3H3,(H,20,28)(H,21,30)(H,23,27)(H,24,29);4-5H,2H2,1,3H3/b;5-4-. The van der Waals surface area contributed by atoms with Crippen LogP contribution in [0.2, 0.25) is 0 Å². The highest BCUT2D eigenvalue weighted by Gasteiger charge is 2.28. The fourth-order valence-corrected chi connectivity index (χ4v) is 3.44. The molecule has 3 unspecified atom stereocenters. The molecule has 11 heteroatoms. The Labute approximate surface area is 212 Å². The Hall–Kier alpha value is -3.76. The number of nitrogens with one attached hydrogen (secondary N) is 4. The maximum atomic E-state index is 12.5. The van der Waals surface area contributed by atoms with Crippen molar-refractivity contribution in [3.8, 4) is 0 Å². The molecule has 198 valence electrons. The lowest BCUT2D eigenvalue weighted by atomic mass is 9.99. The fraction of sp³-hybridized carbons (Fsp3) is 0.520. The van der Waals surface area contributed by atoms with Crippen molar-refractivity contribution in [1.82, 2.24) is 31.0 Å². The van der Waals surface area contributed by atoms with Crippen molar-refractivity contribution in [1.29, 1.82) is 0 Å². The van der Waals surface area contributed by atoms with Crippen LogP contribution >= 0.6 is 0 Å². The number of nitrogens with zero attached hydrogens (tertiary/aromatic N) is 2. The van der Waals surface area contributed by atoms with Gasteiger partial charge in [-0.15, -0.1) is 0 Å². The first kappa shape index (κ1) is 30.3. The molecule has 0 radical (unpaired) electrons. The van der Waals surface area contributed by atoms with E-state index in [2.05, 4.69) is 32.9 Å². The molecule has 36 heavy (non-hydrogen) atoms. The average Bonchev–Trinajstić information content (AvgIpc) is 3.43. The second-order valence-electron chi connectivity index (χ2n) is 8.98. The summed E-state index contributed by atoms with van der Waals surface area (Å²) < 4.78 is 1.47. The monoisotopic (exact) mass is 502 g/mol. The summed E-state index contributed by atoms with van der Waals surface area (Å²) in [5, 5.41) is 14.2. The van der Waals surface area contributed by atoms with Crippen LogP contribution < -0.4 is 21.3 Å². The summed E-state index contributed by atoms with van der Waals surface area (Å²) in [6.07, 6.45) is 8.27. The Morgan fingerprint density at radius 1 is 1.31 bits per heavy atom. The summed E-state index contributed by atoms with van der Waals surface area (Å²) in [7, 11) is 1.67. The van der Waals surface area contributed by atoms with Gasteiger partial charge >= 0.3 is 0 Å². The molecule has 2 rings (SSSR count). The van der Waals surface area contributed by atoms with Crippen LogP contribution in [0, 0.1) is 11.8 Å². The Bertz CT molecular complexity index is 968. The first-order chi connectivity index (χ1) is 17.0. The fourth-order valence-electron chi connectivity index (χ4n) is 3.44. The predicted octanol–water partition coefficient (Wildman–Crippen LogP) is 0.639. The molecule has 2 heterocycles. The third-order valence-electron chi connectivity index (χ3n) is 5.29. The highest BCUT2D eigenvalue weighted by molar-refractivity contribution is 5.97. The number of aromatic nitrogens is 2. The van der Waals surface area contributed by atoms with Gasteiger partial charge in [-0.05, 0) is 32.6 Å². The molecule has 0 aliphatic carbocycles. The van der Waals surface area contributed by atoms with Crippen LogP contribution in [-0.2, 0) is 26.2 Å². The molecule has 0 bridgehead atoms. The Balaban J connectivity index is 0.000000960. The normalized spacial score (nSPS) is 16.4. The van der Waals surface area contributed by atoms with Crippen molar-refractivity contribution >= 4 is 29.9 Å². The van der Waals surface area contributed by atoms with E-state index < -0.39 is 29.8 Å². The van der Waals surface area contributed by atoms with E-state index in [1.165, 1.54) is 17.1 Å². The molecule has 1 saturated heterocycles. The number of rotatable bonds is 11. The quantitative estimate of drug-likeness (QED) is 0.257. The summed E-state index contributed by atoms with van der Waals surface area (Å²) >= 11 is 0. The maximum Gasteiger partial charge on any atom is 0.255 e. The zero-order chi connectivity index (χ0) is 27.3. The Morgan fingerprint density at radius 3 is 2.44 bits per heavy atom. The van der Waals surface area contributed by atoms with Gasteiger partial charge in [-0.1, -0.05) is 38.2 Å². The molecule has 1 aromatic heterocycles. The van der Waals surface area contributed by atoms with Gasteiger partial charge < -0.3 is 26.1 Å². The molecule has 1 aliphatic heterocycles. The van der Waals surface area contributed by atoms with E-state index in [9.17, 15) is 24.0 Å². The van der Waals surface area contributed by atoms with Crippen LogP contribution in [0.15, 0.2) is 36.7 Å². The maximum absolute atomic E-state index is 12.5. The molecular weight excluding hydrogens is 464 g/mol. The number of hydrogen-bond donors (Lipinski definition) is 4. The topological polar surface area (TPSA) is 151 Å². The van der Waals surface area contributed by atoms with Gasteiger partial charge in [0.2, 0.25) is 17.7 Å². The van der Waals surface area contributed by atoms with Crippen LogP contribution in [-0.4, -0.2) is 64.9 Å². The number of hydrogen-bond acceptors (Lipinski definition) is 6. The molecular formula is C25H38N6O5. The Morgan fingerprint density at radius 2 is 2.00 bits per heavy atom. The second-order valence-corrected chi connectivity index (χ2v) is 8.98. The average molecular weight is 503 g/mol. The summed E-state index contributed by atoms with van der Waals surface area (Å²) in [5.41, 5.74) is 1.43. The summed E-state index contributed by atoms with van der Waals surface area (Å²) in [6.45, 7) is 11.3. The zero-order valence-electron chi connectivity index (χ0n) is 21.7. The van der Waals surface area contributed by atoms with Crippen LogP contribution in [0.1, 0.15) is 50.9 Å². The molecule has 11 nitrogen and oxygen atoms in total. The van der Waals surface area contributed by atoms with Gasteiger partial charge in [0.15, 0.2) is 0 Å². The van der Waals surface area contributed by atoms with Crippen molar-refractivity contribution in [3.05, 3.63) is 42.3 Å². The van der Waals surface area contributed by atoms with E-state index in [4.69, 9.17) is 0 Å². The molecule has 1 fully saturated rings. The first-order valence-electron chi connectivity index (χ1n) is 11.9. The van der Waals surface area contributed by atoms with E-state index in [-0.39, 0.29) is 30.7 Å². The van der Waals surface area contributed by atoms with E-state index in [1.54, 1.807) is 20.9 Å². The highest BCUT2D eigenvalue weighted by atomic mass is 16.2. The number of carbonyl (C=O) groups excluding carboxylic acids is 5. The smallest absolute Gasteiger partial charge is 0.255 e. The molecule has 4 N–H and O–H groups in total. The van der Waals surface area contributed by atoms with Crippen molar-refractivity contribution in [2.75, 3.05) is 13.1 Å². The van der Waals surface area contributed by atoms with E-state index >= 15 is 0 Å². The van der Waals surface area contributed by atoms with Crippen LogP contribution in [0.4, 0.5) is 0 Å². The molecule has 3 atom stereocenters. The van der Waals surface area contributed by atoms with E-state index in [0.29, 0.717) is 24.8 Å². The largest absolute Gasteiger partial charge is 0.356 e. The summed E-state index contributed by atoms with van der Waals surface area (Å²) in [6, 6.07) is -1.66. The Kier molecular flexibility index (Phi) is 12.8. The lowest BCUT2D eigenvalue weighted by molar-refractivity contribution is -0.128. The number of carbonyl (C=O) groups is 5. The number of aryl methyl sites for hydroxylation is 1. The van der Waals surface area contributed by atoms with Gasteiger partial charge in [-0.25, -0.2) is 0 Å². The summed E-state index contributed by atoms with van der Waals surface area (Å²) in [4.78, 5) is 59.8. The molecule has 4 amide bonds. The van der Waals surface area contributed by atoms with Crippen LogP contribution in [0.25, 0.3) is 0 Å². The van der Waals surface area contributed by atoms with Gasteiger partial charge in [0, 0.05) is 25.7 Å². The molecule has 0 spiro atoms. The minimum Gasteiger partial charge on any atom is -0.356 e. The highest BCUT2D eigenvalue weighted by Crippen LogP contribution is 2.15. The van der Waals surface area contributed by atoms with Crippen molar-refractivity contribution in [2.24, 2.45) is 18.9 Å². The second kappa shape index (κ2) is 15.3. The van der Waals surface area contributed by atoms with Gasteiger partial charge in [0.05, 0.1) is 24.3 Å². The van der Waals surface area contributed by atoms with Gasteiger partial charge in [0.25, 0.3) is 5.91 Å². The predicted molar refractivity (Wildman–Crippen MR) is 136 cm³/mol. The van der Waals surface area contributed by atoms with Gasteiger partial charge in [-0.2, -0.15) is 5.10 Å². The van der Waals surface area contributed by atoms with Crippen molar-refractivity contribution < 1.29 is 24.0 Å². The van der Waals surface area contributed by atoms with Crippen molar-refractivity contribution in [2.45, 2.75) is 52.6 Å². The number of allylic oxidation sites excluding steroid dienone is 3. The molecule has 0 saturated carbocycles. The third-order valence-corrected chi connectivity index (χ3v) is 5.29. The van der Waals surface area contributed by atoms with Crippen LogP contribution in [0.3, 0.4) is 0 Å². The van der Waals surface area contributed by atoms with E-state index in [1.807, 2.05) is 26.0 Å². The van der Waals surface area contributed by atoms with Gasteiger partial charge in [0.1, 0.15) is 12.3 Å². The molecule has 0 aromatic carbocycles. The van der Waals surface area contributed by atoms with Gasteiger partial charge in [-0.3, -0.25) is 23.9 Å². The number of amides is 4. The van der Waals surface area contributed by atoms with Crippen LogP contribution in [0.5, 0.6) is 0 Å². The SMILES string of the molecule is C=C(C)/C=C\C.CC(C)C(NC(=O)c1cnn(C)c1)C(=O)NCC(=O)NC(C=O)CC1CCNC1=O. The summed E-state index contributed by atoms with van der Waals surface area (Å²) in [5.74, 6) is -2.19. The van der Waals surface area contributed by atoms with E-state index in [0.717, 1.165) is 5.57 Å². The zero-order valence-corrected chi connectivity index (χ0v) is 21.7. The third kappa shape index (κ3) is 10.7. The minimum atomic E-state index is -0.852. The minimum absolute atomic E-state index is 0.131. The van der Waals surface area contributed by atoms with Crippen molar-refractivity contribution in [3.63, 3.8) is 0 Å².